The highest BCUT2D eigenvalue weighted by Gasteiger charge is 2.30. The number of likely N-dealkylation sites (tertiary alicyclic amines) is 1. The molecule has 0 aliphatic carbocycles. The summed E-state index contributed by atoms with van der Waals surface area (Å²) in [7, 11) is 1.69. The Morgan fingerprint density at radius 3 is 2.64 bits per heavy atom. The summed E-state index contributed by atoms with van der Waals surface area (Å²) in [5.41, 5.74) is 2.43. The molecule has 4 rings (SSSR count). The number of fused-ring (bicyclic) bond motifs is 1. The molecule has 0 radical (unpaired) electrons. The van der Waals surface area contributed by atoms with Gasteiger partial charge in [-0.1, -0.05) is 0 Å². The number of piperidine rings is 1. The fraction of sp³-hybridized carbons (Fsp3) is 0.550. The lowest BCUT2D eigenvalue weighted by molar-refractivity contribution is -0.139. The van der Waals surface area contributed by atoms with Gasteiger partial charge in [0.05, 0.1) is 7.11 Å². The zero-order valence-electron chi connectivity index (χ0n) is 14.8. The first-order valence-electron chi connectivity index (χ1n) is 9.28. The van der Waals surface area contributed by atoms with Gasteiger partial charge in [-0.3, -0.25) is 4.79 Å². The standard InChI is InChI=1S/C20H26N2O3/c1-24-17-2-3-18-16(12-17)13-19(21-18)14-4-8-22(9-5-14)20(23)15-6-10-25-11-7-15/h2-3,12-15,21H,4-11H2,1H3. The third-order valence-electron chi connectivity index (χ3n) is 5.67. The molecule has 1 aromatic heterocycles. The van der Waals surface area contributed by atoms with Gasteiger partial charge in [0.2, 0.25) is 5.91 Å². The van der Waals surface area contributed by atoms with Crippen LogP contribution in [0.2, 0.25) is 0 Å². The van der Waals surface area contributed by atoms with E-state index in [1.807, 2.05) is 6.07 Å². The van der Waals surface area contributed by atoms with E-state index in [4.69, 9.17) is 9.47 Å². The van der Waals surface area contributed by atoms with E-state index < -0.39 is 0 Å². The van der Waals surface area contributed by atoms with Gasteiger partial charge in [0.15, 0.2) is 0 Å². The zero-order chi connectivity index (χ0) is 17.2. The molecule has 25 heavy (non-hydrogen) atoms. The monoisotopic (exact) mass is 342 g/mol. The van der Waals surface area contributed by atoms with E-state index in [1.54, 1.807) is 7.11 Å². The number of methoxy groups -OCH3 is 1. The number of carbonyl (C=O) groups excluding carboxylic acids is 1. The minimum atomic E-state index is 0.172. The Labute approximate surface area is 148 Å². The summed E-state index contributed by atoms with van der Waals surface area (Å²) in [6.07, 6.45) is 3.81. The number of amides is 1. The van der Waals surface area contributed by atoms with Gasteiger partial charge in [-0.2, -0.15) is 0 Å². The van der Waals surface area contributed by atoms with Crippen LogP contribution in [0.4, 0.5) is 0 Å². The Morgan fingerprint density at radius 1 is 1.16 bits per heavy atom. The van der Waals surface area contributed by atoms with Crippen molar-refractivity contribution in [3.8, 4) is 5.75 Å². The lowest BCUT2D eigenvalue weighted by atomic mass is 9.91. The second-order valence-electron chi connectivity index (χ2n) is 7.16. The van der Waals surface area contributed by atoms with Gasteiger partial charge in [0.1, 0.15) is 5.75 Å². The predicted octanol–water partition coefficient (Wildman–Crippen LogP) is 3.31. The van der Waals surface area contributed by atoms with Crippen molar-refractivity contribution in [1.82, 2.24) is 9.88 Å². The van der Waals surface area contributed by atoms with Crippen LogP contribution in [0.1, 0.15) is 37.3 Å². The Hall–Kier alpha value is -2.01. The van der Waals surface area contributed by atoms with Crippen LogP contribution in [0, 0.1) is 5.92 Å². The normalized spacial score (nSPS) is 20.1. The molecule has 2 saturated heterocycles. The van der Waals surface area contributed by atoms with Crippen molar-refractivity contribution < 1.29 is 14.3 Å². The molecule has 0 atom stereocenters. The van der Waals surface area contributed by atoms with Crippen molar-refractivity contribution in [2.24, 2.45) is 5.92 Å². The summed E-state index contributed by atoms with van der Waals surface area (Å²) in [5.74, 6) is 1.89. The molecule has 2 aliphatic heterocycles. The summed E-state index contributed by atoms with van der Waals surface area (Å²) in [6, 6.07) is 8.36. The van der Waals surface area contributed by atoms with Crippen LogP contribution in [-0.2, 0) is 9.53 Å². The summed E-state index contributed by atoms with van der Waals surface area (Å²) >= 11 is 0. The number of hydrogen-bond donors (Lipinski definition) is 1. The Kier molecular flexibility index (Phi) is 4.66. The van der Waals surface area contributed by atoms with Crippen LogP contribution in [0.3, 0.4) is 0 Å². The Morgan fingerprint density at radius 2 is 1.92 bits per heavy atom. The van der Waals surface area contributed by atoms with Crippen molar-refractivity contribution >= 4 is 16.8 Å². The van der Waals surface area contributed by atoms with Crippen molar-refractivity contribution in [1.29, 1.82) is 0 Å². The summed E-state index contributed by atoms with van der Waals surface area (Å²) in [5, 5.41) is 1.19. The smallest absolute Gasteiger partial charge is 0.225 e. The highest BCUT2D eigenvalue weighted by Crippen LogP contribution is 2.32. The molecule has 2 fully saturated rings. The van der Waals surface area contributed by atoms with Crippen LogP contribution in [0.15, 0.2) is 24.3 Å². The van der Waals surface area contributed by atoms with Crippen molar-refractivity contribution in [3.63, 3.8) is 0 Å². The van der Waals surface area contributed by atoms with E-state index in [0.29, 0.717) is 11.8 Å². The van der Waals surface area contributed by atoms with E-state index in [-0.39, 0.29) is 5.92 Å². The second kappa shape index (κ2) is 7.08. The molecule has 5 nitrogen and oxygen atoms in total. The molecule has 2 aromatic rings. The van der Waals surface area contributed by atoms with Crippen molar-refractivity contribution in [3.05, 3.63) is 30.0 Å². The molecule has 0 saturated carbocycles. The molecular weight excluding hydrogens is 316 g/mol. The van der Waals surface area contributed by atoms with E-state index >= 15 is 0 Å². The van der Waals surface area contributed by atoms with Gasteiger partial charge >= 0.3 is 0 Å². The van der Waals surface area contributed by atoms with Crippen LogP contribution >= 0.6 is 0 Å². The van der Waals surface area contributed by atoms with E-state index in [9.17, 15) is 4.79 Å². The molecule has 134 valence electrons. The average molecular weight is 342 g/mol. The topological polar surface area (TPSA) is 54.6 Å². The Bertz CT molecular complexity index is 740. The maximum Gasteiger partial charge on any atom is 0.225 e. The third-order valence-corrected chi connectivity index (χ3v) is 5.67. The molecule has 0 spiro atoms. The Balaban J connectivity index is 1.40. The number of H-pyrrole nitrogens is 1. The number of aromatic amines is 1. The lowest BCUT2D eigenvalue weighted by Gasteiger charge is -2.35. The van der Waals surface area contributed by atoms with Crippen molar-refractivity contribution in [2.45, 2.75) is 31.6 Å². The van der Waals surface area contributed by atoms with Gasteiger partial charge in [0.25, 0.3) is 0 Å². The summed E-state index contributed by atoms with van der Waals surface area (Å²) < 4.78 is 10.7. The minimum Gasteiger partial charge on any atom is -0.497 e. The second-order valence-corrected chi connectivity index (χ2v) is 7.16. The number of aromatic nitrogens is 1. The van der Waals surface area contributed by atoms with Crippen LogP contribution in [0.25, 0.3) is 10.9 Å². The van der Waals surface area contributed by atoms with Gasteiger partial charge < -0.3 is 19.4 Å². The molecule has 1 aromatic carbocycles. The number of ether oxygens (including phenoxy) is 2. The number of rotatable bonds is 3. The first kappa shape index (κ1) is 16.5. The first-order valence-corrected chi connectivity index (χ1v) is 9.28. The SMILES string of the molecule is COc1ccc2[nH]c(C3CCN(C(=O)C4CCOCC4)CC3)cc2c1. The lowest BCUT2D eigenvalue weighted by Crippen LogP contribution is -2.42. The van der Waals surface area contributed by atoms with Gasteiger partial charge in [0, 0.05) is 54.7 Å². The predicted molar refractivity (Wildman–Crippen MR) is 96.9 cm³/mol. The van der Waals surface area contributed by atoms with Crippen LogP contribution < -0.4 is 4.74 Å². The van der Waals surface area contributed by atoms with E-state index in [2.05, 4.69) is 28.1 Å². The summed E-state index contributed by atoms with van der Waals surface area (Å²) in [4.78, 5) is 18.3. The molecule has 0 bridgehead atoms. The first-order chi connectivity index (χ1) is 12.2. The van der Waals surface area contributed by atoms with E-state index in [0.717, 1.165) is 63.3 Å². The van der Waals surface area contributed by atoms with Crippen LogP contribution in [-0.4, -0.2) is 49.2 Å². The van der Waals surface area contributed by atoms with Gasteiger partial charge in [-0.05, 0) is 49.9 Å². The summed E-state index contributed by atoms with van der Waals surface area (Å²) in [6.45, 7) is 3.18. The molecule has 1 amide bonds. The van der Waals surface area contributed by atoms with Crippen molar-refractivity contribution in [2.75, 3.05) is 33.4 Å². The largest absolute Gasteiger partial charge is 0.497 e. The molecule has 3 heterocycles. The average Bonchev–Trinajstić information content (AvgIpc) is 3.11. The fourth-order valence-corrected chi connectivity index (χ4v) is 4.09. The maximum absolute atomic E-state index is 12.7. The fourth-order valence-electron chi connectivity index (χ4n) is 4.09. The molecular formula is C20H26N2O3. The third kappa shape index (κ3) is 3.38. The molecule has 1 N–H and O–H groups in total. The number of benzene rings is 1. The quantitative estimate of drug-likeness (QED) is 0.931. The maximum atomic E-state index is 12.7. The molecule has 5 heteroatoms. The molecule has 0 unspecified atom stereocenters. The van der Waals surface area contributed by atoms with E-state index in [1.165, 1.54) is 11.1 Å². The van der Waals surface area contributed by atoms with Gasteiger partial charge in [-0.25, -0.2) is 0 Å². The number of nitrogens with zero attached hydrogens (tertiary/aromatic N) is 1. The van der Waals surface area contributed by atoms with Crippen LogP contribution in [0.5, 0.6) is 5.75 Å². The minimum absolute atomic E-state index is 0.172. The highest BCUT2D eigenvalue weighted by molar-refractivity contribution is 5.82. The number of nitrogens with one attached hydrogen (secondary N) is 1. The number of carbonyl (C=O) groups is 1. The highest BCUT2D eigenvalue weighted by atomic mass is 16.5. The van der Waals surface area contributed by atoms with Gasteiger partial charge in [-0.15, -0.1) is 0 Å². The molecule has 2 aliphatic rings. The number of hydrogen-bond acceptors (Lipinski definition) is 3. The zero-order valence-corrected chi connectivity index (χ0v) is 14.8.